The Bertz CT molecular complexity index is 566. The van der Waals surface area contributed by atoms with Gasteiger partial charge in [0.2, 0.25) is 10.0 Å². The number of hydrogen-bond acceptors (Lipinski definition) is 7. The molecule has 1 N–H and O–H groups in total. The van der Waals surface area contributed by atoms with Gasteiger partial charge in [0.25, 0.3) is 0 Å². The highest BCUT2D eigenvalue weighted by molar-refractivity contribution is 7.89. The zero-order valence-electron chi connectivity index (χ0n) is 12.6. The summed E-state index contributed by atoms with van der Waals surface area (Å²) in [6.45, 7) is 1.01. The van der Waals surface area contributed by atoms with Crippen LogP contribution >= 0.6 is 0 Å². The Morgan fingerprint density at radius 2 is 2.14 bits per heavy atom. The van der Waals surface area contributed by atoms with Crippen molar-refractivity contribution in [2.24, 2.45) is 5.92 Å². The lowest BCUT2D eigenvalue weighted by Crippen LogP contribution is -2.40. The van der Waals surface area contributed by atoms with E-state index in [1.165, 1.54) is 11.4 Å². The number of piperidine rings is 1. The van der Waals surface area contributed by atoms with E-state index in [0.29, 0.717) is 31.3 Å². The first-order valence-electron chi connectivity index (χ1n) is 7.28. The van der Waals surface area contributed by atoms with Gasteiger partial charge in [-0.3, -0.25) is 4.79 Å². The van der Waals surface area contributed by atoms with Crippen LogP contribution in [0.1, 0.15) is 31.5 Å². The number of rotatable bonds is 7. The van der Waals surface area contributed by atoms with E-state index in [0.717, 1.165) is 12.8 Å². The summed E-state index contributed by atoms with van der Waals surface area (Å²) in [7, 11) is -2.00. The molecule has 0 aliphatic carbocycles. The third-order valence-electron chi connectivity index (χ3n) is 3.84. The average molecular weight is 331 g/mol. The number of carbonyl (C=O) groups excluding carboxylic acids is 1. The molecule has 0 spiro atoms. The van der Waals surface area contributed by atoms with Crippen molar-refractivity contribution >= 4 is 16.0 Å². The predicted octanol–water partition coefficient (Wildman–Crippen LogP) is -0.263. The molecule has 1 aromatic heterocycles. The summed E-state index contributed by atoms with van der Waals surface area (Å²) in [6.07, 6.45) is 2.70. The SMILES string of the molecule is COC(=O)CCCS(=O)(=O)N1CCC(Cc2nn[nH]n2)CC1. The minimum Gasteiger partial charge on any atom is -0.469 e. The molecule has 2 heterocycles. The molecule has 1 aliphatic rings. The van der Waals surface area contributed by atoms with E-state index in [1.54, 1.807) is 0 Å². The second-order valence-corrected chi connectivity index (χ2v) is 7.46. The second-order valence-electron chi connectivity index (χ2n) is 5.37. The van der Waals surface area contributed by atoms with Crippen molar-refractivity contribution in [3.8, 4) is 0 Å². The number of H-pyrrole nitrogens is 1. The Hall–Kier alpha value is -1.55. The van der Waals surface area contributed by atoms with E-state index in [9.17, 15) is 13.2 Å². The van der Waals surface area contributed by atoms with Gasteiger partial charge in [0.15, 0.2) is 5.82 Å². The van der Waals surface area contributed by atoms with Crippen molar-refractivity contribution < 1.29 is 17.9 Å². The number of hydrogen-bond donors (Lipinski definition) is 1. The van der Waals surface area contributed by atoms with Crippen LogP contribution in [0, 0.1) is 5.92 Å². The third-order valence-corrected chi connectivity index (χ3v) is 5.79. The fourth-order valence-corrected chi connectivity index (χ4v) is 4.08. The number of nitrogens with zero attached hydrogens (tertiary/aromatic N) is 4. The third kappa shape index (κ3) is 4.73. The van der Waals surface area contributed by atoms with Crippen molar-refractivity contribution in [1.29, 1.82) is 0 Å². The fraction of sp³-hybridized carbons (Fsp3) is 0.833. The van der Waals surface area contributed by atoms with Crippen LogP contribution in [0.3, 0.4) is 0 Å². The van der Waals surface area contributed by atoms with Gasteiger partial charge in [-0.15, -0.1) is 10.2 Å². The van der Waals surface area contributed by atoms with Crippen molar-refractivity contribution in [2.75, 3.05) is 26.0 Å². The van der Waals surface area contributed by atoms with Gasteiger partial charge in [-0.1, -0.05) is 5.21 Å². The Kier molecular flexibility index (Phi) is 5.83. The van der Waals surface area contributed by atoms with E-state index >= 15 is 0 Å². The molecule has 0 atom stereocenters. The van der Waals surface area contributed by atoms with E-state index < -0.39 is 10.0 Å². The van der Waals surface area contributed by atoms with E-state index in [1.807, 2.05) is 0 Å². The Balaban J connectivity index is 1.76. The zero-order valence-corrected chi connectivity index (χ0v) is 13.4. The van der Waals surface area contributed by atoms with Gasteiger partial charge in [0, 0.05) is 25.9 Å². The molecular formula is C12H21N5O4S. The molecule has 0 saturated carbocycles. The summed E-state index contributed by atoms with van der Waals surface area (Å²) in [5.41, 5.74) is 0. The van der Waals surface area contributed by atoms with E-state index in [4.69, 9.17) is 0 Å². The van der Waals surface area contributed by atoms with Crippen LogP contribution in [-0.4, -0.2) is 65.3 Å². The first kappa shape index (κ1) is 16.8. The molecule has 0 aromatic carbocycles. The van der Waals surface area contributed by atoms with Crippen LogP contribution in [0.25, 0.3) is 0 Å². The summed E-state index contributed by atoms with van der Waals surface area (Å²) in [5.74, 6) is 0.643. The van der Waals surface area contributed by atoms with Crippen LogP contribution < -0.4 is 0 Å². The van der Waals surface area contributed by atoms with Crippen LogP contribution in [-0.2, 0) is 26.0 Å². The highest BCUT2D eigenvalue weighted by Gasteiger charge is 2.28. The van der Waals surface area contributed by atoms with Crippen LogP contribution in [0.15, 0.2) is 0 Å². The molecule has 22 heavy (non-hydrogen) atoms. The lowest BCUT2D eigenvalue weighted by Gasteiger charge is -2.30. The summed E-state index contributed by atoms with van der Waals surface area (Å²) in [6, 6.07) is 0. The van der Waals surface area contributed by atoms with Gasteiger partial charge < -0.3 is 4.74 Å². The van der Waals surface area contributed by atoms with Gasteiger partial charge in [-0.2, -0.15) is 5.21 Å². The predicted molar refractivity (Wildman–Crippen MR) is 77.2 cm³/mol. The number of sulfonamides is 1. The minimum atomic E-state index is -3.30. The zero-order chi connectivity index (χ0) is 16.0. The summed E-state index contributed by atoms with van der Waals surface area (Å²) < 4.78 is 30.4. The first-order chi connectivity index (χ1) is 10.5. The average Bonchev–Trinajstić information content (AvgIpc) is 3.00. The summed E-state index contributed by atoms with van der Waals surface area (Å²) in [5, 5.41) is 13.8. The number of ether oxygens (including phenoxy) is 1. The molecule has 0 radical (unpaired) electrons. The molecule has 1 fully saturated rings. The molecule has 1 saturated heterocycles. The largest absolute Gasteiger partial charge is 0.469 e. The Morgan fingerprint density at radius 3 is 2.73 bits per heavy atom. The molecule has 10 heteroatoms. The van der Waals surface area contributed by atoms with Gasteiger partial charge in [-0.05, 0) is 25.2 Å². The van der Waals surface area contributed by atoms with Crippen molar-refractivity contribution in [2.45, 2.75) is 32.1 Å². The maximum Gasteiger partial charge on any atom is 0.305 e. The number of carbonyl (C=O) groups is 1. The normalized spacial score (nSPS) is 17.5. The number of tetrazole rings is 1. The standard InChI is InChI=1S/C12H21N5O4S/c1-21-12(18)3-2-8-22(19,20)17-6-4-10(5-7-17)9-11-13-15-16-14-11/h10H,2-9H2,1H3,(H,13,14,15,16). The number of aromatic nitrogens is 4. The smallest absolute Gasteiger partial charge is 0.305 e. The lowest BCUT2D eigenvalue weighted by molar-refractivity contribution is -0.140. The fourth-order valence-electron chi connectivity index (χ4n) is 2.55. The summed E-state index contributed by atoms with van der Waals surface area (Å²) >= 11 is 0. The molecule has 1 aliphatic heterocycles. The monoisotopic (exact) mass is 331 g/mol. The first-order valence-corrected chi connectivity index (χ1v) is 8.89. The van der Waals surface area contributed by atoms with Crippen LogP contribution in [0.4, 0.5) is 0 Å². The number of nitrogens with one attached hydrogen (secondary N) is 1. The molecular weight excluding hydrogens is 310 g/mol. The van der Waals surface area contributed by atoms with E-state index in [2.05, 4.69) is 25.4 Å². The number of methoxy groups -OCH3 is 1. The highest BCUT2D eigenvalue weighted by Crippen LogP contribution is 2.22. The van der Waals surface area contributed by atoms with Gasteiger partial charge in [0.05, 0.1) is 12.9 Å². The number of esters is 1. The maximum atomic E-state index is 12.2. The molecule has 9 nitrogen and oxygen atoms in total. The van der Waals surface area contributed by atoms with E-state index in [-0.39, 0.29) is 24.6 Å². The molecule has 0 unspecified atom stereocenters. The van der Waals surface area contributed by atoms with Crippen molar-refractivity contribution in [1.82, 2.24) is 24.9 Å². The van der Waals surface area contributed by atoms with Crippen LogP contribution in [0.2, 0.25) is 0 Å². The minimum absolute atomic E-state index is 0.0163. The van der Waals surface area contributed by atoms with Gasteiger partial charge in [-0.25, -0.2) is 12.7 Å². The topological polar surface area (TPSA) is 118 Å². The lowest BCUT2D eigenvalue weighted by atomic mass is 9.94. The Morgan fingerprint density at radius 1 is 1.41 bits per heavy atom. The quantitative estimate of drug-likeness (QED) is 0.684. The summed E-state index contributed by atoms with van der Waals surface area (Å²) in [4.78, 5) is 11.0. The molecule has 2 rings (SSSR count). The molecule has 0 amide bonds. The molecule has 1 aromatic rings. The number of aromatic amines is 1. The van der Waals surface area contributed by atoms with Crippen LogP contribution in [0.5, 0.6) is 0 Å². The van der Waals surface area contributed by atoms with Gasteiger partial charge >= 0.3 is 5.97 Å². The molecule has 124 valence electrons. The Labute approximate surface area is 129 Å². The highest BCUT2D eigenvalue weighted by atomic mass is 32.2. The molecule has 0 bridgehead atoms. The maximum absolute atomic E-state index is 12.2. The second kappa shape index (κ2) is 7.63. The van der Waals surface area contributed by atoms with Crippen molar-refractivity contribution in [3.63, 3.8) is 0 Å². The van der Waals surface area contributed by atoms with Crippen molar-refractivity contribution in [3.05, 3.63) is 5.82 Å². The van der Waals surface area contributed by atoms with Gasteiger partial charge in [0.1, 0.15) is 0 Å².